The number of furan rings is 1. The molecule has 2 heterocycles. The SMILES string of the molecule is CCNC(c1ccnc(C)c1)c1cc2cc(Cl)ccc2o1. The van der Waals surface area contributed by atoms with E-state index < -0.39 is 0 Å². The molecule has 3 aromatic rings. The molecule has 0 radical (unpaired) electrons. The van der Waals surface area contributed by atoms with Crippen molar-refractivity contribution >= 4 is 22.6 Å². The van der Waals surface area contributed by atoms with Gasteiger partial charge in [0.2, 0.25) is 0 Å². The summed E-state index contributed by atoms with van der Waals surface area (Å²) < 4.78 is 5.99. The van der Waals surface area contributed by atoms with E-state index in [1.165, 1.54) is 0 Å². The van der Waals surface area contributed by atoms with Crippen molar-refractivity contribution in [3.05, 3.63) is 64.6 Å². The molecule has 0 aliphatic heterocycles. The molecule has 0 aliphatic rings. The van der Waals surface area contributed by atoms with Crippen LogP contribution in [0.5, 0.6) is 0 Å². The van der Waals surface area contributed by atoms with Crippen molar-refractivity contribution in [3.63, 3.8) is 0 Å². The standard InChI is InChI=1S/C17H17ClN2O/c1-3-19-17(12-6-7-20-11(2)8-12)16-10-13-9-14(18)4-5-15(13)21-16/h4-10,17,19H,3H2,1-2H3. The van der Waals surface area contributed by atoms with Crippen molar-refractivity contribution in [2.45, 2.75) is 19.9 Å². The zero-order valence-corrected chi connectivity index (χ0v) is 12.8. The summed E-state index contributed by atoms with van der Waals surface area (Å²) in [7, 11) is 0. The predicted molar refractivity (Wildman–Crippen MR) is 85.7 cm³/mol. The first-order chi connectivity index (χ1) is 10.2. The lowest BCUT2D eigenvalue weighted by molar-refractivity contribution is 0.477. The predicted octanol–water partition coefficient (Wildman–Crippen LogP) is 4.49. The minimum Gasteiger partial charge on any atom is -0.459 e. The summed E-state index contributed by atoms with van der Waals surface area (Å²) in [4.78, 5) is 4.25. The van der Waals surface area contributed by atoms with Gasteiger partial charge in [0.05, 0.1) is 6.04 Å². The lowest BCUT2D eigenvalue weighted by Crippen LogP contribution is -2.21. The molecule has 2 aromatic heterocycles. The van der Waals surface area contributed by atoms with E-state index in [1.54, 1.807) is 0 Å². The molecule has 108 valence electrons. The second-order valence-corrected chi connectivity index (χ2v) is 5.49. The molecule has 0 saturated heterocycles. The van der Waals surface area contributed by atoms with Crippen LogP contribution in [0.1, 0.15) is 30.0 Å². The lowest BCUT2D eigenvalue weighted by Gasteiger charge is -2.16. The average Bonchev–Trinajstić information content (AvgIpc) is 2.87. The molecule has 3 rings (SSSR count). The molecule has 1 atom stereocenters. The third-order valence-corrected chi connectivity index (χ3v) is 3.68. The molecule has 0 fully saturated rings. The number of nitrogens with zero attached hydrogens (tertiary/aromatic N) is 1. The Hall–Kier alpha value is -1.84. The Balaban J connectivity index is 2.06. The van der Waals surface area contributed by atoms with E-state index in [1.807, 2.05) is 43.5 Å². The van der Waals surface area contributed by atoms with Crippen LogP contribution < -0.4 is 5.32 Å². The summed E-state index contributed by atoms with van der Waals surface area (Å²) in [6.07, 6.45) is 1.83. The van der Waals surface area contributed by atoms with E-state index >= 15 is 0 Å². The van der Waals surface area contributed by atoms with Gasteiger partial charge in [0.15, 0.2) is 0 Å². The fraction of sp³-hybridized carbons (Fsp3) is 0.235. The number of halogens is 1. The van der Waals surface area contributed by atoms with Crippen LogP contribution in [0.15, 0.2) is 47.0 Å². The first kappa shape index (κ1) is 14.1. The third kappa shape index (κ3) is 2.94. The molecule has 0 saturated carbocycles. The molecule has 4 heteroatoms. The zero-order chi connectivity index (χ0) is 14.8. The third-order valence-electron chi connectivity index (χ3n) is 3.44. The highest BCUT2D eigenvalue weighted by molar-refractivity contribution is 6.31. The van der Waals surface area contributed by atoms with Crippen LogP contribution in [-0.2, 0) is 0 Å². The first-order valence-electron chi connectivity index (χ1n) is 7.02. The summed E-state index contributed by atoms with van der Waals surface area (Å²) in [5.41, 5.74) is 2.99. The second-order valence-electron chi connectivity index (χ2n) is 5.05. The van der Waals surface area contributed by atoms with E-state index in [0.29, 0.717) is 0 Å². The summed E-state index contributed by atoms with van der Waals surface area (Å²) in [5.74, 6) is 0.889. The Morgan fingerprint density at radius 2 is 2.10 bits per heavy atom. The molecule has 21 heavy (non-hydrogen) atoms. The van der Waals surface area contributed by atoms with Gasteiger partial charge in [0.1, 0.15) is 11.3 Å². The van der Waals surface area contributed by atoms with Gasteiger partial charge in [0, 0.05) is 22.3 Å². The van der Waals surface area contributed by atoms with E-state index in [9.17, 15) is 0 Å². The van der Waals surface area contributed by atoms with E-state index in [0.717, 1.165) is 39.6 Å². The smallest absolute Gasteiger partial charge is 0.134 e. The Kier molecular flexibility index (Phi) is 3.95. The van der Waals surface area contributed by atoms with E-state index in [4.69, 9.17) is 16.0 Å². The maximum absolute atomic E-state index is 6.04. The number of nitrogens with one attached hydrogen (secondary N) is 1. The molecule has 0 amide bonds. The number of fused-ring (bicyclic) bond motifs is 1. The van der Waals surface area contributed by atoms with Gasteiger partial charge >= 0.3 is 0 Å². The minimum absolute atomic E-state index is 0.0166. The summed E-state index contributed by atoms with van der Waals surface area (Å²) in [6, 6.07) is 11.8. The van der Waals surface area contributed by atoms with Crippen LogP contribution >= 0.6 is 11.6 Å². The zero-order valence-electron chi connectivity index (χ0n) is 12.1. The minimum atomic E-state index is 0.0166. The second kappa shape index (κ2) is 5.88. The fourth-order valence-electron chi connectivity index (χ4n) is 2.51. The first-order valence-corrected chi connectivity index (χ1v) is 7.40. The van der Waals surface area contributed by atoms with Crippen molar-refractivity contribution in [3.8, 4) is 0 Å². The molecular formula is C17H17ClN2O. The van der Waals surface area contributed by atoms with Crippen molar-refractivity contribution < 1.29 is 4.42 Å². The maximum Gasteiger partial charge on any atom is 0.134 e. The number of aromatic nitrogens is 1. The van der Waals surface area contributed by atoms with Crippen LogP contribution in [0.25, 0.3) is 11.0 Å². The number of benzene rings is 1. The fourth-order valence-corrected chi connectivity index (χ4v) is 2.69. The highest BCUT2D eigenvalue weighted by Gasteiger charge is 2.18. The van der Waals surface area contributed by atoms with Crippen LogP contribution in [0.2, 0.25) is 5.02 Å². The average molecular weight is 301 g/mol. The summed E-state index contributed by atoms with van der Waals surface area (Å²) in [5, 5.41) is 5.20. The van der Waals surface area contributed by atoms with E-state index in [2.05, 4.69) is 23.3 Å². The van der Waals surface area contributed by atoms with Gasteiger partial charge in [-0.2, -0.15) is 0 Å². The Morgan fingerprint density at radius 3 is 2.86 bits per heavy atom. The highest BCUT2D eigenvalue weighted by atomic mass is 35.5. The van der Waals surface area contributed by atoms with Gasteiger partial charge < -0.3 is 9.73 Å². The van der Waals surface area contributed by atoms with Crippen LogP contribution in [0.3, 0.4) is 0 Å². The Bertz CT molecular complexity index is 766. The molecule has 1 unspecified atom stereocenters. The highest BCUT2D eigenvalue weighted by Crippen LogP contribution is 2.29. The normalized spacial score (nSPS) is 12.7. The summed E-state index contributed by atoms with van der Waals surface area (Å²) in [6.45, 7) is 4.93. The molecule has 0 spiro atoms. The summed E-state index contributed by atoms with van der Waals surface area (Å²) >= 11 is 6.04. The molecule has 1 N–H and O–H groups in total. The van der Waals surface area contributed by atoms with Crippen LogP contribution in [0, 0.1) is 6.92 Å². The lowest BCUT2D eigenvalue weighted by atomic mass is 10.0. The number of rotatable bonds is 4. The van der Waals surface area contributed by atoms with Gasteiger partial charge in [-0.25, -0.2) is 0 Å². The van der Waals surface area contributed by atoms with Crippen molar-refractivity contribution in [2.24, 2.45) is 0 Å². The quantitative estimate of drug-likeness (QED) is 0.771. The van der Waals surface area contributed by atoms with Crippen molar-refractivity contribution in [2.75, 3.05) is 6.54 Å². The molecule has 0 bridgehead atoms. The number of aryl methyl sites for hydroxylation is 1. The van der Waals surface area contributed by atoms with Gasteiger partial charge in [0.25, 0.3) is 0 Å². The number of hydrogen-bond acceptors (Lipinski definition) is 3. The van der Waals surface area contributed by atoms with Gasteiger partial charge in [-0.3, -0.25) is 4.98 Å². The monoisotopic (exact) mass is 300 g/mol. The van der Waals surface area contributed by atoms with Crippen LogP contribution in [-0.4, -0.2) is 11.5 Å². The van der Waals surface area contributed by atoms with Crippen molar-refractivity contribution in [1.82, 2.24) is 10.3 Å². The Labute approximate surface area is 128 Å². The van der Waals surface area contributed by atoms with Gasteiger partial charge in [-0.1, -0.05) is 18.5 Å². The topological polar surface area (TPSA) is 38.1 Å². The van der Waals surface area contributed by atoms with E-state index in [-0.39, 0.29) is 6.04 Å². The van der Waals surface area contributed by atoms with Crippen LogP contribution in [0.4, 0.5) is 0 Å². The molecular weight excluding hydrogens is 284 g/mol. The van der Waals surface area contributed by atoms with Gasteiger partial charge in [-0.05, 0) is 55.4 Å². The number of pyridine rings is 1. The Morgan fingerprint density at radius 1 is 1.24 bits per heavy atom. The largest absolute Gasteiger partial charge is 0.459 e. The molecule has 0 aliphatic carbocycles. The maximum atomic E-state index is 6.04. The van der Waals surface area contributed by atoms with Gasteiger partial charge in [-0.15, -0.1) is 0 Å². The molecule has 3 nitrogen and oxygen atoms in total. The number of hydrogen-bond donors (Lipinski definition) is 1. The molecule has 1 aromatic carbocycles. The van der Waals surface area contributed by atoms with Crippen molar-refractivity contribution in [1.29, 1.82) is 0 Å².